The minimum absolute atomic E-state index is 0.296. The molecule has 16 heavy (non-hydrogen) atoms. The molecule has 80 valence electrons. The highest BCUT2D eigenvalue weighted by atomic mass is 14.6. The van der Waals surface area contributed by atoms with Gasteiger partial charge in [0, 0.05) is 0 Å². The van der Waals surface area contributed by atoms with E-state index in [1.165, 1.54) is 0 Å². The first-order valence-electron chi connectivity index (χ1n) is 5.10. The predicted octanol–water partition coefficient (Wildman–Crippen LogP) is 2.26. The lowest BCUT2D eigenvalue weighted by atomic mass is 9.48. The quantitative estimate of drug-likeness (QED) is 0.615. The number of hydrogen-bond donors (Lipinski definition) is 0. The molecule has 0 amide bonds. The molecule has 4 nitrogen and oxygen atoms in total. The van der Waals surface area contributed by atoms with Gasteiger partial charge in [-0.1, -0.05) is 20.3 Å². The first kappa shape index (κ1) is 12.0. The standard InChI is InChI=1S/C12H12N4/c1-10(2)4-3-5-11(6-13,7-14)12(10,8-15)9-16/h3-5H2,1-2H3. The third-order valence-electron chi connectivity index (χ3n) is 3.73. The Labute approximate surface area is 95.3 Å². The van der Waals surface area contributed by atoms with E-state index in [-0.39, 0.29) is 0 Å². The molecule has 0 N–H and O–H groups in total. The van der Waals surface area contributed by atoms with Gasteiger partial charge in [-0.15, -0.1) is 0 Å². The van der Waals surface area contributed by atoms with Crippen molar-refractivity contribution in [2.45, 2.75) is 33.1 Å². The Bertz CT molecular complexity index is 433. The summed E-state index contributed by atoms with van der Waals surface area (Å²) in [5, 5.41) is 37.0. The lowest BCUT2D eigenvalue weighted by Gasteiger charge is -2.47. The van der Waals surface area contributed by atoms with Gasteiger partial charge in [-0.05, 0) is 18.3 Å². The number of nitrogens with zero attached hydrogens (tertiary/aromatic N) is 4. The zero-order valence-electron chi connectivity index (χ0n) is 9.41. The molecule has 0 heterocycles. The molecule has 1 fully saturated rings. The van der Waals surface area contributed by atoms with E-state index in [0.29, 0.717) is 19.3 Å². The third-order valence-corrected chi connectivity index (χ3v) is 3.73. The second-order valence-electron chi connectivity index (χ2n) is 4.84. The molecule has 1 aliphatic rings. The van der Waals surface area contributed by atoms with Crippen LogP contribution in [0.4, 0.5) is 0 Å². The lowest BCUT2D eigenvalue weighted by Crippen LogP contribution is -2.51. The lowest BCUT2D eigenvalue weighted by molar-refractivity contribution is 0.0457. The molecule has 0 aromatic heterocycles. The van der Waals surface area contributed by atoms with E-state index in [1.807, 2.05) is 24.3 Å². The Morgan fingerprint density at radius 3 is 1.62 bits per heavy atom. The summed E-state index contributed by atoms with van der Waals surface area (Å²) in [7, 11) is 0. The molecule has 4 heteroatoms. The molecule has 0 atom stereocenters. The van der Waals surface area contributed by atoms with E-state index in [1.54, 1.807) is 13.8 Å². The summed E-state index contributed by atoms with van der Waals surface area (Å²) < 4.78 is 0. The van der Waals surface area contributed by atoms with Crippen LogP contribution in [-0.4, -0.2) is 0 Å². The summed E-state index contributed by atoms with van der Waals surface area (Å²) in [6.07, 6.45) is 1.67. The van der Waals surface area contributed by atoms with E-state index >= 15 is 0 Å². The molecule has 1 aliphatic carbocycles. The maximum absolute atomic E-state index is 9.30. The van der Waals surface area contributed by atoms with Crippen LogP contribution in [0.15, 0.2) is 0 Å². The normalized spacial score (nSPS) is 24.1. The van der Waals surface area contributed by atoms with E-state index < -0.39 is 16.2 Å². The Balaban J connectivity index is 3.56. The van der Waals surface area contributed by atoms with Gasteiger partial charge < -0.3 is 0 Å². The molecule has 0 saturated heterocycles. The van der Waals surface area contributed by atoms with Crippen molar-refractivity contribution in [2.24, 2.45) is 16.2 Å². The first-order valence-corrected chi connectivity index (χ1v) is 5.10. The third kappa shape index (κ3) is 1.11. The van der Waals surface area contributed by atoms with E-state index in [2.05, 4.69) is 0 Å². The minimum atomic E-state index is -1.54. The van der Waals surface area contributed by atoms with Crippen LogP contribution in [0.5, 0.6) is 0 Å². The van der Waals surface area contributed by atoms with Gasteiger partial charge in [-0.3, -0.25) is 0 Å². The summed E-state index contributed by atoms with van der Waals surface area (Å²) in [5.41, 5.74) is -3.68. The predicted molar refractivity (Wildman–Crippen MR) is 55.0 cm³/mol. The van der Waals surface area contributed by atoms with Gasteiger partial charge in [-0.2, -0.15) is 21.0 Å². The highest BCUT2D eigenvalue weighted by Crippen LogP contribution is 2.59. The largest absolute Gasteiger partial charge is 0.196 e. The summed E-state index contributed by atoms with van der Waals surface area (Å²) in [6, 6.07) is 7.71. The van der Waals surface area contributed by atoms with E-state index in [0.717, 1.165) is 0 Å². The Kier molecular flexibility index (Phi) is 2.64. The fourth-order valence-corrected chi connectivity index (χ4v) is 2.57. The second kappa shape index (κ2) is 3.52. The maximum atomic E-state index is 9.30. The molecule has 0 aromatic rings. The van der Waals surface area contributed by atoms with Crippen molar-refractivity contribution in [1.29, 1.82) is 21.0 Å². The van der Waals surface area contributed by atoms with E-state index in [9.17, 15) is 21.0 Å². The second-order valence-corrected chi connectivity index (χ2v) is 4.84. The summed E-state index contributed by atoms with van der Waals surface area (Å²) in [4.78, 5) is 0. The van der Waals surface area contributed by atoms with Crippen molar-refractivity contribution in [3.8, 4) is 24.3 Å². The van der Waals surface area contributed by atoms with Gasteiger partial charge in [0.2, 0.25) is 0 Å². The van der Waals surface area contributed by atoms with Crippen LogP contribution in [0.25, 0.3) is 0 Å². The average Bonchev–Trinajstić information content (AvgIpc) is 2.28. The molecule has 0 unspecified atom stereocenters. The van der Waals surface area contributed by atoms with Crippen LogP contribution in [0, 0.1) is 61.6 Å². The van der Waals surface area contributed by atoms with Crippen molar-refractivity contribution in [3.05, 3.63) is 0 Å². The zero-order chi connectivity index (χ0) is 12.4. The molecule has 1 rings (SSSR count). The SMILES string of the molecule is CC1(C)CCCC(C#N)(C#N)C1(C#N)C#N. The van der Waals surface area contributed by atoms with Gasteiger partial charge >= 0.3 is 0 Å². The van der Waals surface area contributed by atoms with Gasteiger partial charge in [-0.25, -0.2) is 0 Å². The van der Waals surface area contributed by atoms with Gasteiger partial charge in [0.25, 0.3) is 0 Å². The molecular formula is C12H12N4. The average molecular weight is 212 g/mol. The monoisotopic (exact) mass is 212 g/mol. The van der Waals surface area contributed by atoms with Crippen molar-refractivity contribution in [1.82, 2.24) is 0 Å². The zero-order valence-corrected chi connectivity index (χ0v) is 9.41. The van der Waals surface area contributed by atoms with Crippen molar-refractivity contribution < 1.29 is 0 Å². The van der Waals surface area contributed by atoms with Crippen molar-refractivity contribution in [2.75, 3.05) is 0 Å². The molecule has 0 spiro atoms. The molecule has 1 saturated carbocycles. The molecular weight excluding hydrogens is 200 g/mol. The minimum Gasteiger partial charge on any atom is -0.196 e. The van der Waals surface area contributed by atoms with Crippen molar-refractivity contribution >= 4 is 0 Å². The van der Waals surface area contributed by atoms with Crippen LogP contribution in [0.2, 0.25) is 0 Å². The maximum Gasteiger partial charge on any atom is 0.180 e. The Morgan fingerprint density at radius 1 is 0.812 bits per heavy atom. The highest BCUT2D eigenvalue weighted by molar-refractivity contribution is 5.38. The summed E-state index contributed by atoms with van der Waals surface area (Å²) in [5.74, 6) is 0. The fraction of sp³-hybridized carbons (Fsp3) is 0.667. The summed E-state index contributed by atoms with van der Waals surface area (Å²) in [6.45, 7) is 3.56. The molecule has 0 aliphatic heterocycles. The molecule has 0 aromatic carbocycles. The number of nitriles is 4. The highest BCUT2D eigenvalue weighted by Gasteiger charge is 2.64. The number of hydrogen-bond acceptors (Lipinski definition) is 4. The van der Waals surface area contributed by atoms with Crippen LogP contribution in [0.3, 0.4) is 0 Å². The van der Waals surface area contributed by atoms with Gasteiger partial charge in [0.15, 0.2) is 10.8 Å². The Hall–Kier alpha value is -2.04. The van der Waals surface area contributed by atoms with Crippen LogP contribution >= 0.6 is 0 Å². The van der Waals surface area contributed by atoms with Gasteiger partial charge in [0.05, 0.1) is 24.3 Å². The van der Waals surface area contributed by atoms with Crippen LogP contribution < -0.4 is 0 Å². The summed E-state index contributed by atoms with van der Waals surface area (Å²) >= 11 is 0. The molecule has 0 bridgehead atoms. The Morgan fingerprint density at radius 2 is 1.31 bits per heavy atom. The topological polar surface area (TPSA) is 95.2 Å². The van der Waals surface area contributed by atoms with E-state index in [4.69, 9.17) is 0 Å². The number of rotatable bonds is 0. The molecule has 0 radical (unpaired) electrons. The van der Waals surface area contributed by atoms with Crippen molar-refractivity contribution in [3.63, 3.8) is 0 Å². The first-order chi connectivity index (χ1) is 7.45. The smallest absolute Gasteiger partial charge is 0.180 e. The van der Waals surface area contributed by atoms with Gasteiger partial charge in [0.1, 0.15) is 0 Å². The van der Waals surface area contributed by atoms with Crippen LogP contribution in [0.1, 0.15) is 33.1 Å². The fourth-order valence-electron chi connectivity index (χ4n) is 2.57. The van der Waals surface area contributed by atoms with Crippen LogP contribution in [-0.2, 0) is 0 Å².